The minimum Gasteiger partial charge on any atom is -0.302 e. The van der Waals surface area contributed by atoms with Gasteiger partial charge in [-0.25, -0.2) is 9.13 Å². The molecule has 1 atom stereocenters. The molecule has 1 aromatic rings. The molecule has 3 N–H and O–H groups in total. The summed E-state index contributed by atoms with van der Waals surface area (Å²) >= 11 is 0. The lowest BCUT2D eigenvalue weighted by atomic mass is 9.98. The molecule has 0 aliphatic rings. The average Bonchev–Trinajstić information content (AvgIpc) is 2.59. The lowest BCUT2D eigenvalue weighted by Gasteiger charge is -2.11. The fourth-order valence-corrected chi connectivity index (χ4v) is 4.23. The molecular formula is C21H32O7P2. The van der Waals surface area contributed by atoms with E-state index in [0.717, 1.165) is 37.7 Å². The normalized spacial score (nSPS) is 15.0. The first-order valence-corrected chi connectivity index (χ1v) is 12.7. The Kier molecular flexibility index (Phi) is 11.7. The summed E-state index contributed by atoms with van der Waals surface area (Å²) in [6.07, 6.45) is 10.5. The van der Waals surface area contributed by atoms with Crippen LogP contribution in [0.25, 0.3) is 0 Å². The van der Waals surface area contributed by atoms with Gasteiger partial charge in [-0.05, 0) is 58.4 Å². The Hall–Kier alpha value is -1.30. The number of phosphoric acid groups is 2. The Bertz CT molecular complexity index is 834. The van der Waals surface area contributed by atoms with Gasteiger partial charge >= 0.3 is 15.6 Å². The van der Waals surface area contributed by atoms with Crippen LogP contribution in [0, 0.1) is 0 Å². The van der Waals surface area contributed by atoms with Gasteiger partial charge in [0, 0.05) is 0 Å². The van der Waals surface area contributed by atoms with Gasteiger partial charge in [-0.1, -0.05) is 65.3 Å². The molecule has 1 unspecified atom stereocenters. The van der Waals surface area contributed by atoms with Crippen LogP contribution >= 0.6 is 15.6 Å². The highest BCUT2D eigenvalue weighted by atomic mass is 31.3. The van der Waals surface area contributed by atoms with Crippen molar-refractivity contribution in [3.63, 3.8) is 0 Å². The fourth-order valence-electron chi connectivity index (χ4n) is 2.70. The van der Waals surface area contributed by atoms with Gasteiger partial charge in [0.05, 0.1) is 6.61 Å². The van der Waals surface area contributed by atoms with Gasteiger partial charge in [-0.15, -0.1) is 0 Å². The molecule has 0 aliphatic carbocycles. The number of phosphoric ester groups is 1. The maximum Gasteiger partial charge on any atom is 0.481 e. The lowest BCUT2D eigenvalue weighted by molar-refractivity contribution is 0.191. The van der Waals surface area contributed by atoms with Gasteiger partial charge < -0.3 is 14.7 Å². The third-order valence-electron chi connectivity index (χ3n) is 4.14. The summed E-state index contributed by atoms with van der Waals surface area (Å²) in [6.45, 7) is 5.77. The van der Waals surface area contributed by atoms with Crippen molar-refractivity contribution < 1.29 is 32.6 Å². The Morgan fingerprint density at radius 2 is 1.57 bits per heavy atom. The molecule has 0 bridgehead atoms. The third kappa shape index (κ3) is 13.8. The molecule has 7 nitrogen and oxygen atoms in total. The van der Waals surface area contributed by atoms with Crippen LogP contribution in [0.15, 0.2) is 65.3 Å². The van der Waals surface area contributed by atoms with Crippen LogP contribution in [-0.2, 0) is 24.4 Å². The summed E-state index contributed by atoms with van der Waals surface area (Å²) < 4.78 is 30.3. The van der Waals surface area contributed by atoms with E-state index in [9.17, 15) is 14.0 Å². The second-order valence-electron chi connectivity index (χ2n) is 7.27. The van der Waals surface area contributed by atoms with Crippen molar-refractivity contribution in [2.24, 2.45) is 0 Å². The summed E-state index contributed by atoms with van der Waals surface area (Å²) in [4.78, 5) is 26.4. The number of hydrogen-bond acceptors (Lipinski definition) is 4. The smallest absolute Gasteiger partial charge is 0.302 e. The first-order valence-electron chi connectivity index (χ1n) is 9.72. The number of allylic oxidation sites excluding steroid dienone is 5. The summed E-state index contributed by atoms with van der Waals surface area (Å²) in [5.74, 6) is 0. The standard InChI is InChI=1S/C21H32O7P2/c1-18(2)9-7-13-21(17-20-11-5-4-6-12-20)14-8-10-19(3)15-16-27-30(25,26)28-29(22,23)24/h4-6,9,11-12,14-15H,7-8,10,13,16-17H2,1-3H3,(H,25,26)(H2,22,23,24)/b19-15+,21-14-. The van der Waals surface area contributed by atoms with Gasteiger partial charge in [-0.2, -0.15) is 4.31 Å². The van der Waals surface area contributed by atoms with Crippen molar-refractivity contribution in [1.29, 1.82) is 0 Å². The van der Waals surface area contributed by atoms with Crippen molar-refractivity contribution in [1.82, 2.24) is 0 Å². The van der Waals surface area contributed by atoms with E-state index in [1.165, 1.54) is 16.7 Å². The minimum atomic E-state index is -5.10. The number of rotatable bonds is 13. The Morgan fingerprint density at radius 3 is 2.17 bits per heavy atom. The molecule has 1 aromatic carbocycles. The van der Waals surface area contributed by atoms with Crippen molar-refractivity contribution in [3.8, 4) is 0 Å². The molecule has 0 spiro atoms. The van der Waals surface area contributed by atoms with Gasteiger partial charge in [0.15, 0.2) is 0 Å². The van der Waals surface area contributed by atoms with Crippen LogP contribution in [0.2, 0.25) is 0 Å². The van der Waals surface area contributed by atoms with E-state index < -0.39 is 15.6 Å². The van der Waals surface area contributed by atoms with Crippen molar-refractivity contribution >= 4 is 15.6 Å². The fraction of sp³-hybridized carbons (Fsp3) is 0.429. The third-order valence-corrected chi connectivity index (χ3v) is 6.29. The first-order chi connectivity index (χ1) is 14.0. The largest absolute Gasteiger partial charge is 0.481 e. The highest BCUT2D eigenvalue weighted by Crippen LogP contribution is 2.57. The van der Waals surface area contributed by atoms with Gasteiger partial charge in [0.25, 0.3) is 0 Å². The molecule has 0 heterocycles. The first kappa shape index (κ1) is 26.7. The van der Waals surface area contributed by atoms with Crippen LogP contribution in [0.1, 0.15) is 52.0 Å². The Morgan fingerprint density at radius 1 is 0.933 bits per heavy atom. The zero-order chi connectivity index (χ0) is 22.6. The Labute approximate surface area is 179 Å². The predicted molar refractivity (Wildman–Crippen MR) is 119 cm³/mol. The molecule has 0 aliphatic heterocycles. The van der Waals surface area contributed by atoms with E-state index in [2.05, 4.69) is 47.0 Å². The van der Waals surface area contributed by atoms with E-state index in [-0.39, 0.29) is 6.61 Å². The van der Waals surface area contributed by atoms with Crippen LogP contribution in [0.4, 0.5) is 0 Å². The van der Waals surface area contributed by atoms with Crippen molar-refractivity contribution in [2.45, 2.75) is 52.9 Å². The molecule has 0 amide bonds. The van der Waals surface area contributed by atoms with Gasteiger partial charge in [-0.3, -0.25) is 4.52 Å². The van der Waals surface area contributed by atoms with Crippen molar-refractivity contribution in [3.05, 3.63) is 70.8 Å². The molecule has 30 heavy (non-hydrogen) atoms. The molecule has 0 radical (unpaired) electrons. The molecule has 0 saturated carbocycles. The summed E-state index contributed by atoms with van der Waals surface area (Å²) in [5, 5.41) is 0. The topological polar surface area (TPSA) is 113 Å². The average molecular weight is 458 g/mol. The quantitative estimate of drug-likeness (QED) is 0.251. The summed E-state index contributed by atoms with van der Waals surface area (Å²) in [6, 6.07) is 10.3. The molecule has 168 valence electrons. The minimum absolute atomic E-state index is 0.277. The summed E-state index contributed by atoms with van der Waals surface area (Å²) in [5.41, 5.74) is 4.87. The Balaban J connectivity index is 2.60. The molecule has 0 aromatic heterocycles. The second kappa shape index (κ2) is 13.2. The molecule has 1 rings (SSSR count). The predicted octanol–water partition coefficient (Wildman–Crippen LogP) is 5.85. The maximum absolute atomic E-state index is 11.4. The zero-order valence-corrected chi connectivity index (χ0v) is 19.5. The number of benzene rings is 1. The summed E-state index contributed by atoms with van der Waals surface area (Å²) in [7, 11) is -9.89. The zero-order valence-electron chi connectivity index (χ0n) is 17.7. The maximum atomic E-state index is 11.4. The van der Waals surface area contributed by atoms with Crippen LogP contribution < -0.4 is 0 Å². The highest BCUT2D eigenvalue weighted by Gasteiger charge is 2.31. The molecule has 9 heteroatoms. The second-order valence-corrected chi connectivity index (χ2v) is 10.1. The van der Waals surface area contributed by atoms with Gasteiger partial charge in [0.1, 0.15) is 0 Å². The van der Waals surface area contributed by atoms with Gasteiger partial charge in [0.2, 0.25) is 0 Å². The van der Waals surface area contributed by atoms with Crippen molar-refractivity contribution in [2.75, 3.05) is 6.61 Å². The monoisotopic (exact) mass is 458 g/mol. The van der Waals surface area contributed by atoms with Crippen LogP contribution in [0.3, 0.4) is 0 Å². The van der Waals surface area contributed by atoms with E-state index in [1.807, 2.05) is 25.1 Å². The molecule has 0 saturated heterocycles. The lowest BCUT2D eigenvalue weighted by Crippen LogP contribution is -1.95. The van der Waals surface area contributed by atoms with E-state index >= 15 is 0 Å². The molecular weight excluding hydrogens is 426 g/mol. The SMILES string of the molecule is CC(C)=CCC/C(=C/CC/C(C)=C/COP(=O)(O)OP(=O)(O)O)Cc1ccccc1. The highest BCUT2D eigenvalue weighted by molar-refractivity contribution is 7.60. The molecule has 0 fully saturated rings. The van der Waals surface area contributed by atoms with E-state index in [0.29, 0.717) is 0 Å². The van der Waals surface area contributed by atoms with Crippen LogP contribution in [0.5, 0.6) is 0 Å². The number of hydrogen-bond donors (Lipinski definition) is 3. The van der Waals surface area contributed by atoms with Crippen LogP contribution in [-0.4, -0.2) is 21.3 Å². The van der Waals surface area contributed by atoms with E-state index in [1.54, 1.807) is 6.08 Å². The van der Waals surface area contributed by atoms with E-state index in [4.69, 9.17) is 9.79 Å².